The fraction of sp³-hybridized carbons (Fsp3) is 0.778. The minimum absolute atomic E-state index is 0.739. The summed E-state index contributed by atoms with van der Waals surface area (Å²) in [7, 11) is 0. The highest BCUT2D eigenvalue weighted by molar-refractivity contribution is 5.89. The third kappa shape index (κ3) is 3.08. The molecule has 1 saturated carbocycles. The number of nitrogens with one attached hydrogen (secondary N) is 1. The molecule has 2 N–H and O–H groups in total. The Bertz CT molecular complexity index is 356. The molecule has 1 aliphatic rings. The van der Waals surface area contributed by atoms with Crippen molar-refractivity contribution in [2.75, 3.05) is 0 Å². The second kappa shape index (κ2) is 4.36. The molecule has 0 aromatic carbocycles. The van der Waals surface area contributed by atoms with E-state index >= 15 is 0 Å². The van der Waals surface area contributed by atoms with Gasteiger partial charge in [-0.15, -0.1) is 0 Å². The smallest absolute Gasteiger partial charge is 0.471 e. The molecule has 0 spiro atoms. The minimum Gasteiger partial charge on any atom is -0.480 e. The van der Waals surface area contributed by atoms with Crippen molar-refractivity contribution in [1.82, 2.24) is 5.32 Å². The van der Waals surface area contributed by atoms with Gasteiger partial charge in [0.25, 0.3) is 0 Å². The number of halogens is 5. The van der Waals surface area contributed by atoms with E-state index in [-0.39, 0.29) is 0 Å². The van der Waals surface area contributed by atoms with Gasteiger partial charge >= 0.3 is 18.1 Å². The summed E-state index contributed by atoms with van der Waals surface area (Å²) in [5.74, 6) is -7.28. The minimum atomic E-state index is -5.25. The van der Waals surface area contributed by atoms with Crippen LogP contribution in [0.1, 0.15) is 25.7 Å². The molecule has 1 aliphatic carbocycles. The van der Waals surface area contributed by atoms with E-state index in [1.807, 2.05) is 0 Å². The first kappa shape index (κ1) is 14.7. The fourth-order valence-corrected chi connectivity index (χ4v) is 1.72. The lowest BCUT2D eigenvalue weighted by atomic mass is 9.79. The van der Waals surface area contributed by atoms with Crippen molar-refractivity contribution in [2.24, 2.45) is 0 Å². The molecule has 4 nitrogen and oxygen atoms in total. The number of carbonyl (C=O) groups excluding carboxylic acids is 1. The number of carbonyl (C=O) groups is 2. The van der Waals surface area contributed by atoms with Gasteiger partial charge in [-0.3, -0.25) is 4.79 Å². The standard InChI is InChI=1S/C9H10F5NO3/c10-8(11)3-1-7(2-4-8,6(17)18)15-5(16)9(12,13)14/h1-4H2,(H,15,16)(H,17,18). The number of hydrogen-bond donors (Lipinski definition) is 2. The van der Waals surface area contributed by atoms with Crippen LogP contribution in [0.2, 0.25) is 0 Å². The molecule has 0 bridgehead atoms. The molecular weight excluding hydrogens is 265 g/mol. The molecule has 9 heteroatoms. The predicted octanol–water partition coefficient (Wildman–Crippen LogP) is 1.70. The number of amides is 1. The van der Waals surface area contributed by atoms with Crippen LogP contribution >= 0.6 is 0 Å². The fourth-order valence-electron chi connectivity index (χ4n) is 1.72. The average Bonchev–Trinajstić information content (AvgIpc) is 2.19. The predicted molar refractivity (Wildman–Crippen MR) is 48.0 cm³/mol. The van der Waals surface area contributed by atoms with Gasteiger partial charge in [-0.2, -0.15) is 13.2 Å². The molecule has 0 unspecified atom stereocenters. The first-order valence-corrected chi connectivity index (χ1v) is 4.99. The second-order valence-corrected chi connectivity index (χ2v) is 4.20. The Morgan fingerprint density at radius 3 is 1.83 bits per heavy atom. The van der Waals surface area contributed by atoms with E-state index < -0.39 is 55.2 Å². The van der Waals surface area contributed by atoms with Gasteiger partial charge in [0.2, 0.25) is 5.92 Å². The molecule has 0 aliphatic heterocycles. The largest absolute Gasteiger partial charge is 0.480 e. The molecule has 1 rings (SSSR count). The first-order chi connectivity index (χ1) is 7.99. The highest BCUT2D eigenvalue weighted by Gasteiger charge is 2.52. The number of rotatable bonds is 2. The van der Waals surface area contributed by atoms with E-state index in [9.17, 15) is 31.5 Å². The van der Waals surface area contributed by atoms with Gasteiger partial charge in [0, 0.05) is 12.8 Å². The highest BCUT2D eigenvalue weighted by Crippen LogP contribution is 2.39. The Balaban J connectivity index is 2.85. The van der Waals surface area contributed by atoms with Gasteiger partial charge in [0.05, 0.1) is 0 Å². The lowest BCUT2D eigenvalue weighted by molar-refractivity contribution is -0.180. The Morgan fingerprint density at radius 1 is 1.06 bits per heavy atom. The lowest BCUT2D eigenvalue weighted by Gasteiger charge is -2.37. The van der Waals surface area contributed by atoms with Crippen LogP contribution in [0.15, 0.2) is 0 Å². The molecular formula is C9H10F5NO3. The van der Waals surface area contributed by atoms with Gasteiger partial charge in [-0.25, -0.2) is 13.6 Å². The monoisotopic (exact) mass is 275 g/mol. The second-order valence-electron chi connectivity index (χ2n) is 4.20. The van der Waals surface area contributed by atoms with Crippen LogP contribution in [-0.2, 0) is 9.59 Å². The normalized spacial score (nSPS) is 22.3. The summed E-state index contributed by atoms with van der Waals surface area (Å²) in [5, 5.41) is 10.2. The van der Waals surface area contributed by atoms with Crippen molar-refractivity contribution in [3.05, 3.63) is 0 Å². The van der Waals surface area contributed by atoms with Crippen LogP contribution in [0, 0.1) is 0 Å². The van der Waals surface area contributed by atoms with E-state index in [1.165, 1.54) is 5.32 Å². The molecule has 0 heterocycles. The van der Waals surface area contributed by atoms with Gasteiger partial charge in [0.1, 0.15) is 5.54 Å². The molecule has 0 saturated heterocycles. The zero-order valence-electron chi connectivity index (χ0n) is 8.98. The Kier molecular flexibility index (Phi) is 3.55. The third-order valence-corrected chi connectivity index (χ3v) is 2.85. The quantitative estimate of drug-likeness (QED) is 0.754. The Hall–Kier alpha value is -1.41. The van der Waals surface area contributed by atoms with Crippen molar-refractivity contribution in [3.63, 3.8) is 0 Å². The Labute approximate surface area is 98.1 Å². The SMILES string of the molecule is O=C(NC1(C(=O)O)CCC(F)(F)CC1)C(F)(F)F. The van der Waals surface area contributed by atoms with Crippen molar-refractivity contribution < 1.29 is 36.6 Å². The summed E-state index contributed by atoms with van der Waals surface area (Å²) in [6.45, 7) is 0. The first-order valence-electron chi connectivity index (χ1n) is 4.99. The van der Waals surface area contributed by atoms with Gasteiger partial charge in [-0.05, 0) is 12.8 Å². The number of carboxylic acid groups (broad SMARTS) is 1. The summed E-state index contributed by atoms with van der Waals surface area (Å²) in [6, 6.07) is 0. The molecule has 0 radical (unpaired) electrons. The van der Waals surface area contributed by atoms with E-state index in [4.69, 9.17) is 5.11 Å². The molecule has 0 aromatic heterocycles. The molecule has 1 fully saturated rings. The van der Waals surface area contributed by atoms with Crippen LogP contribution in [0.5, 0.6) is 0 Å². The van der Waals surface area contributed by atoms with Crippen LogP contribution in [-0.4, -0.2) is 34.6 Å². The maximum absolute atomic E-state index is 12.9. The van der Waals surface area contributed by atoms with Crippen LogP contribution in [0.3, 0.4) is 0 Å². The van der Waals surface area contributed by atoms with E-state index in [1.54, 1.807) is 0 Å². The van der Waals surface area contributed by atoms with E-state index in [0.717, 1.165) is 0 Å². The zero-order chi connectivity index (χ0) is 14.2. The van der Waals surface area contributed by atoms with Crippen molar-refractivity contribution in [2.45, 2.75) is 43.3 Å². The van der Waals surface area contributed by atoms with Gasteiger partial charge in [0.15, 0.2) is 0 Å². The van der Waals surface area contributed by atoms with Crippen LogP contribution in [0.4, 0.5) is 22.0 Å². The summed E-state index contributed by atoms with van der Waals surface area (Å²) < 4.78 is 61.8. The molecule has 0 atom stereocenters. The highest BCUT2D eigenvalue weighted by atomic mass is 19.4. The van der Waals surface area contributed by atoms with Crippen LogP contribution in [0.25, 0.3) is 0 Å². The summed E-state index contributed by atoms with van der Waals surface area (Å²) >= 11 is 0. The third-order valence-electron chi connectivity index (χ3n) is 2.85. The topological polar surface area (TPSA) is 66.4 Å². The molecule has 1 amide bonds. The number of hydrogen-bond acceptors (Lipinski definition) is 2. The van der Waals surface area contributed by atoms with Crippen molar-refractivity contribution in [3.8, 4) is 0 Å². The average molecular weight is 275 g/mol. The van der Waals surface area contributed by atoms with E-state index in [0.29, 0.717) is 0 Å². The molecule has 18 heavy (non-hydrogen) atoms. The van der Waals surface area contributed by atoms with Gasteiger partial charge in [-0.1, -0.05) is 0 Å². The van der Waals surface area contributed by atoms with Crippen molar-refractivity contribution in [1.29, 1.82) is 0 Å². The zero-order valence-corrected chi connectivity index (χ0v) is 8.98. The maximum atomic E-state index is 12.9. The maximum Gasteiger partial charge on any atom is 0.471 e. The summed E-state index contributed by atoms with van der Waals surface area (Å²) in [4.78, 5) is 21.6. The number of alkyl halides is 5. The van der Waals surface area contributed by atoms with E-state index in [2.05, 4.69) is 0 Å². The lowest BCUT2D eigenvalue weighted by Crippen LogP contribution is -2.60. The number of carboxylic acids is 1. The van der Waals surface area contributed by atoms with Gasteiger partial charge < -0.3 is 10.4 Å². The Morgan fingerprint density at radius 2 is 1.50 bits per heavy atom. The molecule has 0 aromatic rings. The summed E-state index contributed by atoms with van der Waals surface area (Å²) in [6.07, 6.45) is -8.48. The molecule has 104 valence electrons. The van der Waals surface area contributed by atoms with Crippen molar-refractivity contribution >= 4 is 11.9 Å². The van der Waals surface area contributed by atoms with Crippen LogP contribution < -0.4 is 5.32 Å². The number of aliphatic carboxylic acids is 1. The summed E-state index contributed by atoms with van der Waals surface area (Å²) in [5.41, 5.74) is -2.27.